The van der Waals surface area contributed by atoms with E-state index in [1.807, 2.05) is 0 Å². The number of nitrogens with one attached hydrogen (secondary N) is 2. The summed E-state index contributed by atoms with van der Waals surface area (Å²) in [6, 6.07) is 13.1. The van der Waals surface area contributed by atoms with Gasteiger partial charge < -0.3 is 20.4 Å². The van der Waals surface area contributed by atoms with Crippen molar-refractivity contribution in [2.45, 2.75) is 70.1 Å². The van der Waals surface area contributed by atoms with E-state index in [1.165, 1.54) is 63.4 Å². The highest BCUT2D eigenvalue weighted by Crippen LogP contribution is 2.40. The van der Waals surface area contributed by atoms with Gasteiger partial charge >= 0.3 is 0 Å². The van der Waals surface area contributed by atoms with Crippen LogP contribution in [0.25, 0.3) is 0 Å². The number of piperidine rings is 2. The summed E-state index contributed by atoms with van der Waals surface area (Å²) >= 11 is 5.76. The molecule has 1 atom stereocenters. The molecule has 188 valence electrons. The van der Waals surface area contributed by atoms with Gasteiger partial charge in [-0.05, 0) is 68.6 Å². The molecule has 0 spiro atoms. The van der Waals surface area contributed by atoms with Crippen molar-refractivity contribution in [1.29, 1.82) is 0 Å². The molecule has 3 fully saturated rings. The summed E-state index contributed by atoms with van der Waals surface area (Å²) in [5.41, 5.74) is 1.57. The number of nitrogens with zero attached hydrogens (tertiary/aromatic N) is 4. The summed E-state index contributed by atoms with van der Waals surface area (Å²) in [7, 11) is 0. The van der Waals surface area contributed by atoms with Gasteiger partial charge in [-0.3, -0.25) is 0 Å². The number of aromatic nitrogens is 2. The predicted molar refractivity (Wildman–Crippen MR) is 150 cm³/mol. The minimum absolute atomic E-state index is 0.151. The summed E-state index contributed by atoms with van der Waals surface area (Å²) in [6.07, 6.45) is 11.2. The Morgan fingerprint density at radius 2 is 1.63 bits per heavy atom. The molecule has 6 nitrogen and oxygen atoms in total. The molecular weight excluding hydrogens is 452 g/mol. The van der Waals surface area contributed by atoms with Crippen LogP contribution in [-0.2, 0) is 5.41 Å². The second-order valence-electron chi connectivity index (χ2n) is 10.8. The Balaban J connectivity index is 1.31. The molecule has 1 aromatic carbocycles. The van der Waals surface area contributed by atoms with E-state index >= 15 is 0 Å². The maximum Gasteiger partial charge on any atom is 0.232 e. The van der Waals surface area contributed by atoms with Gasteiger partial charge in [0.2, 0.25) is 5.95 Å². The molecular formula is C28H40N6S. The molecule has 7 heteroatoms. The van der Waals surface area contributed by atoms with Gasteiger partial charge in [0.05, 0.1) is 0 Å². The molecule has 2 aromatic rings. The van der Waals surface area contributed by atoms with Gasteiger partial charge in [0.15, 0.2) is 5.11 Å². The third kappa shape index (κ3) is 5.88. The maximum absolute atomic E-state index is 5.76. The first-order chi connectivity index (χ1) is 17.1. The molecule has 3 heterocycles. The molecule has 5 rings (SSSR count). The lowest BCUT2D eigenvalue weighted by atomic mass is 9.79. The van der Waals surface area contributed by atoms with Gasteiger partial charge in [-0.25, -0.2) is 0 Å². The lowest BCUT2D eigenvalue weighted by molar-refractivity contribution is 0.435. The first-order valence-corrected chi connectivity index (χ1v) is 14.0. The van der Waals surface area contributed by atoms with Gasteiger partial charge in [0.25, 0.3) is 0 Å². The van der Waals surface area contributed by atoms with Gasteiger partial charge in [0, 0.05) is 44.2 Å². The fraction of sp³-hybridized carbons (Fsp3) is 0.607. The van der Waals surface area contributed by atoms with Gasteiger partial charge in [-0.15, -0.1) is 0 Å². The van der Waals surface area contributed by atoms with Gasteiger partial charge in [-0.1, -0.05) is 50.1 Å². The Labute approximate surface area is 215 Å². The summed E-state index contributed by atoms with van der Waals surface area (Å²) < 4.78 is 0. The van der Waals surface area contributed by atoms with Crippen molar-refractivity contribution >= 4 is 34.9 Å². The molecule has 0 unspecified atom stereocenters. The second kappa shape index (κ2) is 11.1. The van der Waals surface area contributed by atoms with Crippen LogP contribution in [0.3, 0.4) is 0 Å². The molecule has 0 amide bonds. The SMILES string of the molecule is C[C@@H]1CCCN(c2cc(N3CCCCC3)nc(NC(=S)NCC3(c4ccccc4)CCCC3)n2)C1. The molecule has 1 aromatic heterocycles. The topological polar surface area (TPSA) is 56.3 Å². The van der Waals surface area contributed by atoms with E-state index in [0.717, 1.165) is 44.4 Å². The third-order valence-electron chi connectivity index (χ3n) is 8.12. The molecule has 1 aliphatic carbocycles. The number of hydrogen-bond donors (Lipinski definition) is 2. The Hall–Kier alpha value is -2.41. The van der Waals surface area contributed by atoms with Crippen LogP contribution in [0.1, 0.15) is 70.3 Å². The number of thiocarbonyl (C=S) groups is 1. The molecule has 0 bridgehead atoms. The van der Waals surface area contributed by atoms with E-state index in [0.29, 0.717) is 17.0 Å². The summed E-state index contributed by atoms with van der Waals surface area (Å²) in [5, 5.41) is 7.49. The van der Waals surface area contributed by atoms with E-state index in [4.69, 9.17) is 22.2 Å². The Bertz CT molecular complexity index is 984. The minimum atomic E-state index is 0.151. The summed E-state index contributed by atoms with van der Waals surface area (Å²) in [4.78, 5) is 14.7. The minimum Gasteiger partial charge on any atom is -0.361 e. The molecule has 2 N–H and O–H groups in total. The largest absolute Gasteiger partial charge is 0.361 e. The number of hydrogen-bond acceptors (Lipinski definition) is 5. The van der Waals surface area contributed by atoms with Crippen LogP contribution >= 0.6 is 12.2 Å². The summed E-state index contributed by atoms with van der Waals surface area (Å²) in [6.45, 7) is 7.41. The normalized spacial score (nSPS) is 22.1. The molecule has 2 saturated heterocycles. The number of benzene rings is 1. The zero-order chi connectivity index (χ0) is 24.1. The van der Waals surface area contributed by atoms with Crippen molar-refractivity contribution in [3.05, 3.63) is 42.0 Å². The molecule has 0 radical (unpaired) electrons. The highest BCUT2D eigenvalue weighted by molar-refractivity contribution is 7.80. The number of anilines is 3. The lowest BCUT2D eigenvalue weighted by Crippen LogP contribution is -2.41. The van der Waals surface area contributed by atoms with Crippen LogP contribution in [-0.4, -0.2) is 47.8 Å². The van der Waals surface area contributed by atoms with Crippen LogP contribution in [0.4, 0.5) is 17.6 Å². The molecule has 2 aliphatic heterocycles. The van der Waals surface area contributed by atoms with Crippen molar-refractivity contribution in [3.63, 3.8) is 0 Å². The zero-order valence-electron chi connectivity index (χ0n) is 21.1. The highest BCUT2D eigenvalue weighted by atomic mass is 32.1. The molecule has 3 aliphatic rings. The Morgan fingerprint density at radius 3 is 2.34 bits per heavy atom. The lowest BCUT2D eigenvalue weighted by Gasteiger charge is -2.34. The maximum atomic E-state index is 5.76. The molecule has 35 heavy (non-hydrogen) atoms. The van der Waals surface area contributed by atoms with E-state index < -0.39 is 0 Å². The van der Waals surface area contributed by atoms with Gasteiger partial charge in [0.1, 0.15) is 11.6 Å². The monoisotopic (exact) mass is 492 g/mol. The molecule has 1 saturated carbocycles. The van der Waals surface area contributed by atoms with E-state index in [-0.39, 0.29) is 5.41 Å². The van der Waals surface area contributed by atoms with Crippen LogP contribution in [0.15, 0.2) is 36.4 Å². The first kappa shape index (κ1) is 24.3. The van der Waals surface area contributed by atoms with Crippen LogP contribution in [0.5, 0.6) is 0 Å². The van der Waals surface area contributed by atoms with Crippen LogP contribution < -0.4 is 20.4 Å². The Morgan fingerprint density at radius 1 is 0.943 bits per heavy atom. The van der Waals surface area contributed by atoms with E-state index in [9.17, 15) is 0 Å². The van der Waals surface area contributed by atoms with Crippen LogP contribution in [0.2, 0.25) is 0 Å². The second-order valence-corrected chi connectivity index (χ2v) is 11.2. The van der Waals surface area contributed by atoms with Crippen molar-refractivity contribution in [2.24, 2.45) is 5.92 Å². The fourth-order valence-corrected chi connectivity index (χ4v) is 6.29. The standard InChI is InChI=1S/C28H40N6S/c1-22-11-10-18-34(20-22)25-19-24(33-16-8-3-9-17-33)30-26(31-25)32-27(35)29-21-28(14-6-7-15-28)23-12-4-2-5-13-23/h2,4-5,12-13,19,22H,3,6-11,14-18,20-21H2,1H3,(H2,29,30,31,32,35)/t22-/m1/s1. The zero-order valence-corrected chi connectivity index (χ0v) is 22.0. The van der Waals surface area contributed by atoms with Crippen molar-refractivity contribution in [3.8, 4) is 0 Å². The van der Waals surface area contributed by atoms with E-state index in [2.05, 4.69) is 63.8 Å². The number of rotatable bonds is 6. The smallest absolute Gasteiger partial charge is 0.232 e. The quantitative estimate of drug-likeness (QED) is 0.516. The Kier molecular flexibility index (Phi) is 7.71. The average molecular weight is 493 g/mol. The van der Waals surface area contributed by atoms with Crippen LogP contribution in [0, 0.1) is 5.92 Å². The van der Waals surface area contributed by atoms with Crippen molar-refractivity contribution in [1.82, 2.24) is 15.3 Å². The van der Waals surface area contributed by atoms with Crippen molar-refractivity contribution in [2.75, 3.05) is 47.8 Å². The van der Waals surface area contributed by atoms with Crippen molar-refractivity contribution < 1.29 is 0 Å². The third-order valence-corrected chi connectivity index (χ3v) is 8.37. The fourth-order valence-electron chi connectivity index (χ4n) is 6.13. The summed E-state index contributed by atoms with van der Waals surface area (Å²) in [5.74, 6) is 3.35. The predicted octanol–water partition coefficient (Wildman–Crippen LogP) is 5.50. The average Bonchev–Trinajstić information content (AvgIpc) is 3.39. The highest BCUT2D eigenvalue weighted by Gasteiger charge is 2.35. The van der Waals surface area contributed by atoms with Gasteiger partial charge in [-0.2, -0.15) is 9.97 Å². The van der Waals surface area contributed by atoms with E-state index in [1.54, 1.807) is 0 Å². The first-order valence-electron chi connectivity index (χ1n) is 13.6.